The fourth-order valence-corrected chi connectivity index (χ4v) is 3.20. The Bertz CT molecular complexity index is 369. The summed E-state index contributed by atoms with van der Waals surface area (Å²) in [6.07, 6.45) is 6.22. The summed E-state index contributed by atoms with van der Waals surface area (Å²) in [7, 11) is 2.76. The molecule has 0 rings (SSSR count). The number of likely N-dealkylation sites (N-methyl/N-ethyl adjacent to an activating group) is 1. The average molecular weight is 292 g/mol. The van der Waals surface area contributed by atoms with Crippen molar-refractivity contribution in [1.82, 2.24) is 0 Å². The van der Waals surface area contributed by atoms with Gasteiger partial charge in [-0.15, -0.1) is 0 Å². The lowest BCUT2D eigenvalue weighted by Crippen LogP contribution is -2.42. The van der Waals surface area contributed by atoms with E-state index < -0.39 is 9.84 Å². The molecule has 0 bridgehead atoms. The minimum absolute atomic E-state index is 0.00203. The van der Waals surface area contributed by atoms with Crippen LogP contribution < -0.4 is 0 Å². The van der Waals surface area contributed by atoms with E-state index in [-0.39, 0.29) is 17.5 Å². The Hall–Kier alpha value is -0.420. The van der Waals surface area contributed by atoms with Crippen LogP contribution in [0.3, 0.4) is 0 Å². The Labute approximate surface area is 118 Å². The predicted molar refractivity (Wildman–Crippen MR) is 79.9 cm³/mol. The molecule has 5 heteroatoms. The molecule has 0 amide bonds. The van der Waals surface area contributed by atoms with Gasteiger partial charge in [-0.05, 0) is 6.42 Å². The van der Waals surface area contributed by atoms with Crippen LogP contribution in [0.25, 0.3) is 0 Å². The van der Waals surface area contributed by atoms with Gasteiger partial charge in [0, 0.05) is 12.2 Å². The number of nitrogens with zero attached hydrogens (tertiary/aromatic N) is 1. The molecule has 4 nitrogen and oxygen atoms in total. The maximum atomic E-state index is 12.2. The maximum Gasteiger partial charge on any atom is 0.190 e. The third kappa shape index (κ3) is 11.1. The highest BCUT2D eigenvalue weighted by Crippen LogP contribution is 2.15. The minimum Gasteiger partial charge on any atom is -0.325 e. The molecule has 0 aromatic carbocycles. The maximum absolute atomic E-state index is 12.2. The van der Waals surface area contributed by atoms with Gasteiger partial charge in [-0.2, -0.15) is 0 Å². The highest BCUT2D eigenvalue weighted by Gasteiger charge is 2.26. The van der Waals surface area contributed by atoms with Gasteiger partial charge in [0.05, 0.1) is 26.9 Å². The molecule has 1 atom stereocenters. The van der Waals surface area contributed by atoms with Crippen molar-refractivity contribution in [2.45, 2.75) is 39.0 Å². The van der Waals surface area contributed by atoms with E-state index in [2.05, 4.69) is 6.92 Å². The summed E-state index contributed by atoms with van der Waals surface area (Å²) >= 11 is 0. The van der Waals surface area contributed by atoms with E-state index in [0.717, 1.165) is 25.7 Å². The summed E-state index contributed by atoms with van der Waals surface area (Å²) in [5.74, 6) is -0.253. The minimum atomic E-state index is -3.09. The zero-order valence-corrected chi connectivity index (χ0v) is 13.9. The molecule has 0 radical (unpaired) electrons. The molecule has 0 aliphatic heterocycles. The lowest BCUT2D eigenvalue weighted by molar-refractivity contribution is -0.862. The van der Waals surface area contributed by atoms with E-state index in [9.17, 15) is 13.2 Å². The number of rotatable bonds is 10. The lowest BCUT2D eigenvalue weighted by Gasteiger charge is -2.25. The van der Waals surface area contributed by atoms with Gasteiger partial charge in [-0.25, -0.2) is 8.42 Å². The van der Waals surface area contributed by atoms with E-state index in [1.807, 2.05) is 21.1 Å². The topological polar surface area (TPSA) is 51.2 Å². The van der Waals surface area contributed by atoms with Crippen molar-refractivity contribution in [3.05, 3.63) is 0 Å². The highest BCUT2D eigenvalue weighted by atomic mass is 32.2. The summed E-state index contributed by atoms with van der Waals surface area (Å²) in [5.41, 5.74) is 0. The third-order valence-electron chi connectivity index (χ3n) is 3.00. The van der Waals surface area contributed by atoms with Gasteiger partial charge in [0.25, 0.3) is 0 Å². The Balaban J connectivity index is 4.53. The number of Topliss-reactive ketones (excluding diaryl/α,β-unsaturated/α-hetero) is 1. The van der Waals surface area contributed by atoms with Crippen LogP contribution in [0, 0.1) is 5.92 Å². The van der Waals surface area contributed by atoms with Gasteiger partial charge in [0.15, 0.2) is 5.78 Å². The first kappa shape index (κ1) is 18.6. The Kier molecular flexibility index (Phi) is 7.82. The summed E-state index contributed by atoms with van der Waals surface area (Å²) in [6, 6.07) is 0. The van der Waals surface area contributed by atoms with Crippen molar-refractivity contribution in [1.29, 1.82) is 0 Å². The number of sulfone groups is 1. The van der Waals surface area contributed by atoms with Crippen LogP contribution in [0.4, 0.5) is 0 Å². The first-order valence-corrected chi connectivity index (χ1v) is 9.12. The lowest BCUT2D eigenvalue weighted by atomic mass is 9.97. The smallest absolute Gasteiger partial charge is 0.190 e. The standard InChI is InChI=1S/C14H30NO3S/c1-6-7-8-9-10-13(12-19(5,17)18)14(16)11-15(2,3)4/h13H,6-12H2,1-5H3/q+1. The zero-order chi connectivity index (χ0) is 15.1. The molecule has 0 aromatic heterocycles. The van der Waals surface area contributed by atoms with Gasteiger partial charge in [-0.1, -0.05) is 32.6 Å². The fourth-order valence-electron chi connectivity index (χ4n) is 2.12. The zero-order valence-electron chi connectivity index (χ0n) is 13.1. The quantitative estimate of drug-likeness (QED) is 0.456. The number of hydrogen-bond donors (Lipinski definition) is 0. The SMILES string of the molecule is CCCCCCC(CS(C)(=O)=O)C(=O)C[N+](C)(C)C. The molecule has 0 aliphatic rings. The van der Waals surface area contributed by atoms with Crippen LogP contribution in [0.15, 0.2) is 0 Å². The van der Waals surface area contributed by atoms with Gasteiger partial charge in [-0.3, -0.25) is 4.79 Å². The molecular formula is C14H30NO3S+. The van der Waals surface area contributed by atoms with Crippen LogP contribution >= 0.6 is 0 Å². The first-order valence-electron chi connectivity index (χ1n) is 7.06. The van der Waals surface area contributed by atoms with Crippen LogP contribution in [-0.2, 0) is 14.6 Å². The Morgan fingerprint density at radius 2 is 1.68 bits per heavy atom. The molecule has 0 aliphatic carbocycles. The van der Waals surface area contributed by atoms with Crippen LogP contribution in [0.5, 0.6) is 0 Å². The largest absolute Gasteiger partial charge is 0.325 e. The van der Waals surface area contributed by atoms with E-state index in [4.69, 9.17) is 0 Å². The molecule has 0 saturated carbocycles. The second kappa shape index (κ2) is 8.00. The monoisotopic (exact) mass is 292 g/mol. The molecule has 0 N–H and O–H groups in total. The van der Waals surface area contributed by atoms with Crippen molar-refractivity contribution < 1.29 is 17.7 Å². The number of carbonyl (C=O) groups excluding carboxylic acids is 1. The van der Waals surface area contributed by atoms with E-state index in [1.165, 1.54) is 6.26 Å². The number of hydrogen-bond acceptors (Lipinski definition) is 3. The summed E-state index contributed by atoms with van der Waals surface area (Å²) in [6.45, 7) is 2.53. The predicted octanol–water partition coefficient (Wildman–Crippen LogP) is 1.89. The molecule has 0 saturated heterocycles. The van der Waals surface area contributed by atoms with Gasteiger partial charge < -0.3 is 4.48 Å². The van der Waals surface area contributed by atoms with E-state index in [1.54, 1.807) is 0 Å². The van der Waals surface area contributed by atoms with E-state index in [0.29, 0.717) is 17.4 Å². The number of ketones is 1. The number of carbonyl (C=O) groups is 1. The number of unbranched alkanes of at least 4 members (excludes halogenated alkanes) is 3. The van der Waals surface area contributed by atoms with Crippen molar-refractivity contribution >= 4 is 15.6 Å². The summed E-state index contributed by atoms with van der Waals surface area (Å²) in [5, 5.41) is 0. The average Bonchev–Trinajstić information content (AvgIpc) is 2.18. The van der Waals surface area contributed by atoms with Crippen LogP contribution in [0.2, 0.25) is 0 Å². The second-order valence-electron chi connectivity index (χ2n) is 6.55. The summed E-state index contributed by atoms with van der Waals surface area (Å²) in [4.78, 5) is 12.2. The molecule has 0 spiro atoms. The van der Waals surface area contributed by atoms with Crippen molar-refractivity contribution in [3.8, 4) is 0 Å². The fraction of sp³-hybridized carbons (Fsp3) is 0.929. The molecule has 0 fully saturated rings. The molecule has 114 valence electrons. The number of quaternary nitrogens is 1. The van der Waals surface area contributed by atoms with Crippen molar-refractivity contribution in [3.63, 3.8) is 0 Å². The summed E-state index contributed by atoms with van der Waals surface area (Å²) < 4.78 is 23.4. The van der Waals surface area contributed by atoms with Crippen molar-refractivity contribution in [2.24, 2.45) is 5.92 Å². The van der Waals surface area contributed by atoms with E-state index >= 15 is 0 Å². The highest BCUT2D eigenvalue weighted by molar-refractivity contribution is 7.90. The van der Waals surface area contributed by atoms with Gasteiger partial charge in [0.1, 0.15) is 16.4 Å². The molecule has 0 aromatic rings. The second-order valence-corrected chi connectivity index (χ2v) is 8.74. The normalized spacial score (nSPS) is 14.4. The first-order chi connectivity index (χ1) is 8.55. The third-order valence-corrected chi connectivity index (χ3v) is 4.00. The van der Waals surface area contributed by atoms with Crippen molar-refractivity contribution in [2.75, 3.05) is 39.7 Å². The molecule has 19 heavy (non-hydrogen) atoms. The van der Waals surface area contributed by atoms with Gasteiger partial charge >= 0.3 is 0 Å². The molecule has 0 heterocycles. The molecule has 1 unspecified atom stereocenters. The Morgan fingerprint density at radius 1 is 1.11 bits per heavy atom. The Morgan fingerprint density at radius 3 is 2.11 bits per heavy atom. The van der Waals surface area contributed by atoms with Gasteiger partial charge in [0.2, 0.25) is 0 Å². The van der Waals surface area contributed by atoms with Crippen LogP contribution in [-0.4, -0.2) is 58.4 Å². The molecular weight excluding hydrogens is 262 g/mol. The van der Waals surface area contributed by atoms with Crippen LogP contribution in [0.1, 0.15) is 39.0 Å².